The number of primary amides is 1. The number of ether oxygens (including phenoxy) is 8. The first-order valence-electron chi connectivity index (χ1n) is 38.7. The van der Waals surface area contributed by atoms with Gasteiger partial charge in [0.05, 0.1) is 71.6 Å². The largest absolute Gasteiger partial charge is 0.445 e. The van der Waals surface area contributed by atoms with Gasteiger partial charge in [0.1, 0.15) is 38.1 Å². The predicted molar refractivity (Wildman–Crippen MR) is 404 cm³/mol. The highest BCUT2D eigenvalue weighted by atomic mass is 16.7. The molecule has 596 valence electrons. The van der Waals surface area contributed by atoms with Gasteiger partial charge in [0.2, 0.25) is 35.4 Å². The van der Waals surface area contributed by atoms with Crippen LogP contribution in [0.2, 0.25) is 0 Å². The molecule has 3 aromatic carbocycles. The second-order valence-electron chi connectivity index (χ2n) is 30.1. The normalized spacial score (nSPS) is 24.4. The number of hydrogen-bond acceptors (Lipinski definition) is 19. The highest BCUT2D eigenvalue weighted by Crippen LogP contribution is 2.70. The summed E-state index contributed by atoms with van der Waals surface area (Å²) in [6.45, 7) is 15.8. The minimum atomic E-state index is -1.39. The molecule has 28 nitrogen and oxygen atoms in total. The van der Waals surface area contributed by atoms with Crippen molar-refractivity contribution in [1.82, 2.24) is 31.5 Å². The molecule has 6 aliphatic rings. The van der Waals surface area contributed by atoms with E-state index in [0.29, 0.717) is 76.3 Å². The molecule has 0 aromatic heterocycles. The molecule has 0 radical (unpaired) electrons. The summed E-state index contributed by atoms with van der Waals surface area (Å²) in [5, 5.41) is 28.3. The Morgan fingerprint density at radius 1 is 0.771 bits per heavy atom. The molecule has 12 atom stereocenters. The van der Waals surface area contributed by atoms with Crippen LogP contribution in [-0.2, 0) is 89.4 Å². The van der Waals surface area contributed by atoms with E-state index in [1.165, 1.54) is 4.90 Å². The van der Waals surface area contributed by atoms with Gasteiger partial charge in [0, 0.05) is 67.0 Å². The van der Waals surface area contributed by atoms with Crippen LogP contribution in [0.4, 0.5) is 21.0 Å². The number of nitrogens with zero attached hydrogens (tertiary/aromatic N) is 2. The van der Waals surface area contributed by atoms with E-state index in [0.717, 1.165) is 53.6 Å². The number of aryl methyl sites for hydroxylation is 2. The molecule has 9 amide bonds. The van der Waals surface area contributed by atoms with Gasteiger partial charge in [-0.2, -0.15) is 0 Å². The van der Waals surface area contributed by atoms with Crippen LogP contribution < -0.4 is 42.5 Å². The average Bonchev–Trinajstić information content (AvgIpc) is 1.53. The number of carbonyl (C=O) groups is 10. The number of nitrogens with two attached hydrogens (primary N) is 1. The summed E-state index contributed by atoms with van der Waals surface area (Å²) in [6, 6.07) is 19.2. The fourth-order valence-electron chi connectivity index (χ4n) is 16.6. The van der Waals surface area contributed by atoms with Gasteiger partial charge in [-0.05, 0) is 148 Å². The molecule has 2 heterocycles. The number of aliphatic hydroxyl groups is 1. The molecule has 109 heavy (non-hydrogen) atoms. The first kappa shape index (κ1) is 84.5. The van der Waals surface area contributed by atoms with Crippen molar-refractivity contribution in [2.45, 2.75) is 194 Å². The van der Waals surface area contributed by atoms with Crippen LogP contribution in [0.25, 0.3) is 0 Å². The number of carbonyl (C=O) groups excluding carboxylic acids is 10. The van der Waals surface area contributed by atoms with Crippen molar-refractivity contribution in [3.05, 3.63) is 119 Å². The number of allylic oxidation sites excluding steroid dienone is 4. The van der Waals surface area contributed by atoms with E-state index >= 15 is 4.79 Å². The zero-order valence-electron chi connectivity index (χ0n) is 64.2. The molecule has 2 unspecified atom stereocenters. The highest BCUT2D eigenvalue weighted by molar-refractivity contribution is 6.01. The van der Waals surface area contributed by atoms with E-state index in [-0.39, 0.29) is 138 Å². The van der Waals surface area contributed by atoms with Crippen molar-refractivity contribution in [3.8, 4) is 0 Å². The Morgan fingerprint density at radius 2 is 1.47 bits per heavy atom. The minimum Gasteiger partial charge on any atom is -0.445 e. The topological polar surface area (TPSA) is 369 Å². The Bertz CT molecular complexity index is 3700. The SMILES string of the molecule is CCCC1O[C@@H]2C[C@H]3[C@@H]4CCC5=CC(=O)C=C[C@]5(C)[C@H]4[C@@H](O)C[C@]3(C)[C@]2(C(=O)COC2CCCCN2C(=O)CNC(=O)OCc2ccc(NC(=O)[C@H](CCCNC(N)=O)NC(=O)[C@@H](NC(=O)CCOCCOCCOCCOCCNC(=O)CCC(=O)N(Cc3ccccc3C)c3ccccc3C)C(C)C)cc2)O1. The van der Waals surface area contributed by atoms with Gasteiger partial charge in [-0.15, -0.1) is 0 Å². The molecular formula is C81H113N9O19. The molecule has 9 rings (SSSR count). The third-order valence-electron chi connectivity index (χ3n) is 22.3. The van der Waals surface area contributed by atoms with Crippen molar-refractivity contribution < 1.29 is 90.9 Å². The summed E-state index contributed by atoms with van der Waals surface area (Å²) in [7, 11) is 0. The first-order chi connectivity index (χ1) is 52.3. The van der Waals surface area contributed by atoms with Crippen LogP contribution in [0.3, 0.4) is 0 Å². The number of aliphatic hydroxyl groups excluding tert-OH is 1. The standard InChI is InChI=1S/C81H113N9O19/c1-8-16-72-108-66-46-61-60-28-25-57-45-59(91)31-33-79(57,6)73(60)64(92)47-80(61,7)81(66,109-72)65(93)51-106-71-22-13-14-36-89(71)70(97)48-85-78(101)107-50-55-23-26-58(27-24-55)86-75(98)62(20-15-34-84-77(82)100)87-76(99)74(52(2)3)88-68(95)32-37-102-39-41-104-43-44-105-42-40-103-38-35-83-67(94)29-30-69(96)90(63-21-12-10-18-54(63)5)49-56-19-11-9-17-53(56)4/h9-12,17-19,21,23-24,26-27,31,33,45,52,60-62,64,66,71-74,92H,8,13-16,20,22,25,28-30,32,34-44,46-51H2,1-7H3,(H,83,94)(H,85,101)(H,86,98)(H,87,99)(H,88,95)(H3,82,84,100)/t60-,61-,62-,64-,66+,71?,72?,73+,74-,79-,80-,81+/m0/s1. The third kappa shape index (κ3) is 22.2. The van der Waals surface area contributed by atoms with Gasteiger partial charge in [0.25, 0.3) is 0 Å². The zero-order valence-corrected chi connectivity index (χ0v) is 64.2. The minimum absolute atomic E-state index is 0.0135. The second-order valence-corrected chi connectivity index (χ2v) is 30.1. The molecule has 28 heteroatoms. The number of nitrogens with one attached hydrogen (secondary N) is 6. The number of amides is 9. The maximum absolute atomic E-state index is 15.0. The highest BCUT2D eigenvalue weighted by Gasteiger charge is 2.76. The molecule has 0 bridgehead atoms. The summed E-state index contributed by atoms with van der Waals surface area (Å²) >= 11 is 0. The number of urea groups is 1. The quantitative estimate of drug-likeness (QED) is 0.0260. The molecule has 2 saturated heterocycles. The van der Waals surface area contributed by atoms with Gasteiger partial charge >= 0.3 is 12.1 Å². The number of anilines is 2. The lowest BCUT2D eigenvalue weighted by Crippen LogP contribution is -2.64. The molecular weight excluding hydrogens is 1400 g/mol. The van der Waals surface area contributed by atoms with Crippen LogP contribution in [0.15, 0.2) is 96.6 Å². The van der Waals surface area contributed by atoms with E-state index in [9.17, 15) is 48.3 Å². The Hall–Kier alpha value is -8.48. The number of benzene rings is 3. The fourth-order valence-corrected chi connectivity index (χ4v) is 16.6. The second kappa shape index (κ2) is 40.5. The zero-order chi connectivity index (χ0) is 78.3. The van der Waals surface area contributed by atoms with Crippen LogP contribution in [0, 0.1) is 48.3 Å². The lowest BCUT2D eigenvalue weighted by atomic mass is 9.46. The Balaban J connectivity index is 0.638. The first-order valence-corrected chi connectivity index (χ1v) is 38.7. The Morgan fingerprint density at radius 3 is 2.17 bits per heavy atom. The van der Waals surface area contributed by atoms with E-state index in [1.54, 1.807) is 55.2 Å². The summed E-state index contributed by atoms with van der Waals surface area (Å²) in [4.78, 5) is 136. The smallest absolute Gasteiger partial charge is 0.407 e. The Kier molecular flexibility index (Phi) is 31.4. The van der Waals surface area contributed by atoms with E-state index in [4.69, 9.17) is 43.6 Å². The van der Waals surface area contributed by atoms with Crippen LogP contribution in [-0.4, -0.2) is 197 Å². The molecule has 5 fully saturated rings. The molecule has 4 aliphatic carbocycles. The third-order valence-corrected chi connectivity index (χ3v) is 22.3. The fraction of sp³-hybridized carbons (Fsp3) is 0.605. The number of Topliss-reactive ketones (excluding diaryl/α,β-unsaturated/α-hetero) is 1. The number of likely N-dealkylation sites (tertiary alicyclic amines) is 1. The summed E-state index contributed by atoms with van der Waals surface area (Å²) in [5.74, 6) is -3.28. The number of hydrogen-bond donors (Lipinski definition) is 8. The summed E-state index contributed by atoms with van der Waals surface area (Å²) < 4.78 is 47.7. The monoisotopic (exact) mass is 1520 g/mol. The number of alkyl carbamates (subject to hydrolysis) is 1. The molecule has 9 N–H and O–H groups in total. The Labute approximate surface area is 639 Å². The lowest BCUT2D eigenvalue weighted by molar-refractivity contribution is -0.204. The van der Waals surface area contributed by atoms with Crippen molar-refractivity contribution in [2.24, 2.45) is 40.2 Å². The molecule has 2 aliphatic heterocycles. The van der Waals surface area contributed by atoms with E-state index in [2.05, 4.69) is 45.7 Å². The van der Waals surface area contributed by atoms with Crippen LogP contribution >= 0.6 is 0 Å². The van der Waals surface area contributed by atoms with Gasteiger partial charge in [0.15, 0.2) is 23.5 Å². The van der Waals surface area contributed by atoms with Crippen molar-refractivity contribution in [2.75, 3.05) is 95.9 Å². The van der Waals surface area contributed by atoms with Gasteiger partial charge < -0.3 is 90.4 Å². The number of para-hydroxylation sites is 1. The van der Waals surface area contributed by atoms with Crippen LogP contribution in [0.5, 0.6) is 0 Å². The van der Waals surface area contributed by atoms with E-state index in [1.807, 2.05) is 75.4 Å². The van der Waals surface area contributed by atoms with Gasteiger partial charge in [-0.25, -0.2) is 9.59 Å². The average molecular weight is 1520 g/mol. The van der Waals surface area contributed by atoms with E-state index < -0.39 is 95.5 Å². The predicted octanol–water partition coefficient (Wildman–Crippen LogP) is 7.22. The summed E-state index contributed by atoms with van der Waals surface area (Å²) in [5.41, 5.74) is 8.42. The summed E-state index contributed by atoms with van der Waals surface area (Å²) in [6.07, 6.45) is 7.76. The van der Waals surface area contributed by atoms with Crippen molar-refractivity contribution >= 4 is 70.5 Å². The van der Waals surface area contributed by atoms with Gasteiger partial charge in [-0.1, -0.05) is 107 Å². The molecule has 3 aromatic rings. The maximum atomic E-state index is 15.0. The number of fused-ring (bicyclic) bond motifs is 7. The van der Waals surface area contributed by atoms with Gasteiger partial charge in [-0.3, -0.25) is 38.4 Å². The number of piperidine rings is 1. The number of ketones is 2. The maximum Gasteiger partial charge on any atom is 0.407 e. The lowest BCUT2D eigenvalue weighted by Gasteiger charge is -2.59. The van der Waals surface area contributed by atoms with Crippen LogP contribution in [0.1, 0.15) is 147 Å². The van der Waals surface area contributed by atoms with Crippen molar-refractivity contribution in [1.29, 1.82) is 0 Å². The molecule has 3 saturated carbocycles. The number of rotatable bonds is 41. The molecule has 0 spiro atoms. The van der Waals surface area contributed by atoms with Crippen molar-refractivity contribution in [3.63, 3.8) is 0 Å².